The molecule has 13 heavy (non-hydrogen) atoms. The first-order chi connectivity index (χ1) is 6.22. The molecular formula is C10H18O3. The van der Waals surface area contributed by atoms with Crippen molar-refractivity contribution in [3.63, 3.8) is 0 Å². The molecule has 0 spiro atoms. The Morgan fingerprint density at radius 2 is 2.08 bits per heavy atom. The summed E-state index contributed by atoms with van der Waals surface area (Å²) in [5.41, 5.74) is 0.387. The van der Waals surface area contributed by atoms with Gasteiger partial charge in [-0.15, -0.1) is 0 Å². The summed E-state index contributed by atoms with van der Waals surface area (Å²) in [6.07, 6.45) is 2.10. The SMILES string of the molecule is C=C(COCCCC)C(=O)OCC. The van der Waals surface area contributed by atoms with Crippen LogP contribution >= 0.6 is 0 Å². The Bertz CT molecular complexity index is 164. The van der Waals surface area contributed by atoms with Gasteiger partial charge in [0.2, 0.25) is 0 Å². The van der Waals surface area contributed by atoms with Crippen molar-refractivity contribution in [3.05, 3.63) is 12.2 Å². The zero-order chi connectivity index (χ0) is 10.1. The number of hydrogen-bond donors (Lipinski definition) is 0. The van der Waals surface area contributed by atoms with Gasteiger partial charge >= 0.3 is 5.97 Å². The molecule has 0 fully saturated rings. The highest BCUT2D eigenvalue weighted by molar-refractivity contribution is 5.87. The lowest BCUT2D eigenvalue weighted by Gasteiger charge is -2.05. The van der Waals surface area contributed by atoms with Crippen molar-refractivity contribution >= 4 is 5.97 Å². The van der Waals surface area contributed by atoms with Crippen LogP contribution in [-0.4, -0.2) is 25.8 Å². The summed E-state index contributed by atoms with van der Waals surface area (Å²) in [7, 11) is 0. The lowest BCUT2D eigenvalue weighted by atomic mass is 10.3. The predicted octanol–water partition coefficient (Wildman–Crippen LogP) is 1.92. The normalized spacial score (nSPS) is 9.69. The Morgan fingerprint density at radius 1 is 1.38 bits per heavy atom. The number of unbranched alkanes of at least 4 members (excludes halogenated alkanes) is 1. The minimum absolute atomic E-state index is 0.277. The van der Waals surface area contributed by atoms with Crippen LogP contribution in [0.5, 0.6) is 0 Å². The maximum atomic E-state index is 11.0. The number of carbonyl (C=O) groups excluding carboxylic acids is 1. The fraction of sp³-hybridized carbons (Fsp3) is 0.700. The molecule has 0 N–H and O–H groups in total. The summed E-state index contributed by atoms with van der Waals surface area (Å²) < 4.78 is 9.95. The Labute approximate surface area is 79.7 Å². The molecule has 0 aromatic rings. The molecule has 76 valence electrons. The van der Waals surface area contributed by atoms with Crippen LogP contribution in [0.2, 0.25) is 0 Å². The van der Waals surface area contributed by atoms with E-state index >= 15 is 0 Å². The summed E-state index contributed by atoms with van der Waals surface area (Å²) >= 11 is 0. The van der Waals surface area contributed by atoms with E-state index < -0.39 is 0 Å². The first-order valence-electron chi connectivity index (χ1n) is 4.65. The fourth-order valence-corrected chi connectivity index (χ4v) is 0.734. The fourth-order valence-electron chi connectivity index (χ4n) is 0.734. The smallest absolute Gasteiger partial charge is 0.335 e. The molecule has 0 atom stereocenters. The third-order valence-corrected chi connectivity index (χ3v) is 1.48. The standard InChI is InChI=1S/C10H18O3/c1-4-6-7-12-8-9(3)10(11)13-5-2/h3-8H2,1-2H3. The van der Waals surface area contributed by atoms with Gasteiger partial charge in [0.25, 0.3) is 0 Å². The van der Waals surface area contributed by atoms with Crippen LogP contribution < -0.4 is 0 Å². The largest absolute Gasteiger partial charge is 0.463 e. The Kier molecular flexibility index (Phi) is 7.30. The third kappa shape index (κ3) is 6.34. The monoisotopic (exact) mass is 186 g/mol. The molecule has 0 amide bonds. The second-order valence-corrected chi connectivity index (χ2v) is 2.73. The lowest BCUT2D eigenvalue weighted by molar-refractivity contribution is -0.139. The molecule has 0 rings (SSSR count). The van der Waals surface area contributed by atoms with Gasteiger partial charge in [-0.25, -0.2) is 4.79 Å². The highest BCUT2D eigenvalue weighted by Crippen LogP contribution is 1.97. The van der Waals surface area contributed by atoms with E-state index in [1.807, 2.05) is 0 Å². The third-order valence-electron chi connectivity index (χ3n) is 1.48. The molecule has 0 bridgehead atoms. The van der Waals surface area contributed by atoms with E-state index in [0.29, 0.717) is 18.8 Å². The zero-order valence-corrected chi connectivity index (χ0v) is 8.47. The zero-order valence-electron chi connectivity index (χ0n) is 8.47. The number of rotatable bonds is 7. The average molecular weight is 186 g/mol. The molecule has 0 aliphatic rings. The van der Waals surface area contributed by atoms with Gasteiger partial charge in [0.15, 0.2) is 0 Å². The van der Waals surface area contributed by atoms with E-state index in [1.165, 1.54) is 0 Å². The summed E-state index contributed by atoms with van der Waals surface area (Å²) in [5.74, 6) is -0.362. The van der Waals surface area contributed by atoms with Crippen LogP contribution in [-0.2, 0) is 14.3 Å². The molecule has 3 heteroatoms. The minimum atomic E-state index is -0.362. The molecule has 0 saturated heterocycles. The molecule has 0 aromatic carbocycles. The molecular weight excluding hydrogens is 168 g/mol. The van der Waals surface area contributed by atoms with E-state index in [9.17, 15) is 4.79 Å². The first-order valence-corrected chi connectivity index (χ1v) is 4.65. The Morgan fingerprint density at radius 3 is 2.62 bits per heavy atom. The highest BCUT2D eigenvalue weighted by atomic mass is 16.5. The topological polar surface area (TPSA) is 35.5 Å². The van der Waals surface area contributed by atoms with E-state index in [1.54, 1.807) is 6.92 Å². The van der Waals surface area contributed by atoms with Gasteiger partial charge in [0.05, 0.1) is 18.8 Å². The first kappa shape index (κ1) is 12.2. The van der Waals surface area contributed by atoms with Crippen LogP contribution in [0.4, 0.5) is 0 Å². The van der Waals surface area contributed by atoms with Crippen LogP contribution in [0, 0.1) is 0 Å². The molecule has 0 saturated carbocycles. The lowest BCUT2D eigenvalue weighted by Crippen LogP contribution is -2.11. The number of hydrogen-bond acceptors (Lipinski definition) is 3. The quantitative estimate of drug-likeness (QED) is 0.346. The number of ether oxygens (including phenoxy) is 2. The van der Waals surface area contributed by atoms with Crippen molar-refractivity contribution in [1.82, 2.24) is 0 Å². The van der Waals surface area contributed by atoms with Gasteiger partial charge in [-0.3, -0.25) is 0 Å². The Balaban J connectivity index is 3.44. The van der Waals surface area contributed by atoms with Crippen molar-refractivity contribution in [1.29, 1.82) is 0 Å². The summed E-state index contributed by atoms with van der Waals surface area (Å²) in [4.78, 5) is 11.0. The highest BCUT2D eigenvalue weighted by Gasteiger charge is 2.06. The summed E-state index contributed by atoms with van der Waals surface area (Å²) in [5, 5.41) is 0. The molecule has 0 aliphatic heterocycles. The van der Waals surface area contributed by atoms with E-state index in [2.05, 4.69) is 13.5 Å². The van der Waals surface area contributed by atoms with E-state index in [4.69, 9.17) is 9.47 Å². The maximum Gasteiger partial charge on any atom is 0.335 e. The van der Waals surface area contributed by atoms with Gasteiger partial charge in [0.1, 0.15) is 0 Å². The van der Waals surface area contributed by atoms with Gasteiger partial charge in [-0.1, -0.05) is 19.9 Å². The van der Waals surface area contributed by atoms with Gasteiger partial charge < -0.3 is 9.47 Å². The van der Waals surface area contributed by atoms with Crippen LogP contribution in [0.3, 0.4) is 0 Å². The molecule has 0 aromatic heterocycles. The van der Waals surface area contributed by atoms with E-state index in [-0.39, 0.29) is 12.6 Å². The molecule has 3 nitrogen and oxygen atoms in total. The number of esters is 1. The van der Waals surface area contributed by atoms with Crippen molar-refractivity contribution in [3.8, 4) is 0 Å². The van der Waals surface area contributed by atoms with Crippen LogP contribution in [0.1, 0.15) is 26.7 Å². The predicted molar refractivity (Wildman–Crippen MR) is 51.5 cm³/mol. The van der Waals surface area contributed by atoms with Crippen LogP contribution in [0.15, 0.2) is 12.2 Å². The Hall–Kier alpha value is -0.830. The van der Waals surface area contributed by atoms with Gasteiger partial charge in [-0.05, 0) is 13.3 Å². The summed E-state index contributed by atoms with van der Waals surface area (Å²) in [6.45, 7) is 8.76. The second kappa shape index (κ2) is 7.80. The minimum Gasteiger partial charge on any atom is -0.463 e. The molecule has 0 unspecified atom stereocenters. The average Bonchev–Trinajstić information content (AvgIpc) is 2.12. The van der Waals surface area contributed by atoms with Gasteiger partial charge in [-0.2, -0.15) is 0 Å². The second-order valence-electron chi connectivity index (χ2n) is 2.73. The van der Waals surface area contributed by atoms with Crippen LogP contribution in [0.25, 0.3) is 0 Å². The molecule has 0 heterocycles. The van der Waals surface area contributed by atoms with Gasteiger partial charge in [0, 0.05) is 6.61 Å². The number of carbonyl (C=O) groups is 1. The van der Waals surface area contributed by atoms with Crippen molar-refractivity contribution in [2.24, 2.45) is 0 Å². The summed E-state index contributed by atoms with van der Waals surface area (Å²) in [6, 6.07) is 0. The van der Waals surface area contributed by atoms with Crippen molar-refractivity contribution < 1.29 is 14.3 Å². The maximum absolute atomic E-state index is 11.0. The molecule has 0 radical (unpaired) electrons. The van der Waals surface area contributed by atoms with Crippen molar-refractivity contribution in [2.45, 2.75) is 26.7 Å². The molecule has 0 aliphatic carbocycles. The van der Waals surface area contributed by atoms with E-state index in [0.717, 1.165) is 12.8 Å². The van der Waals surface area contributed by atoms with Crippen molar-refractivity contribution in [2.75, 3.05) is 19.8 Å².